The van der Waals surface area contributed by atoms with E-state index in [-0.39, 0.29) is 0 Å². The maximum atomic E-state index is 3.82. The Morgan fingerprint density at radius 3 is 1.75 bits per heavy atom. The third-order valence-corrected chi connectivity index (χ3v) is 2.02. The number of aromatic nitrogens is 6. The van der Waals surface area contributed by atoms with Crippen molar-refractivity contribution < 1.29 is 0 Å². The molecule has 0 bridgehead atoms. The van der Waals surface area contributed by atoms with Gasteiger partial charge in [-0.1, -0.05) is 0 Å². The summed E-state index contributed by atoms with van der Waals surface area (Å²) in [6.07, 6.45) is 5.19. The van der Waals surface area contributed by atoms with Crippen LogP contribution < -0.4 is 10.6 Å². The highest BCUT2D eigenvalue weighted by Gasteiger charge is 1.95. The summed E-state index contributed by atoms with van der Waals surface area (Å²) in [6.45, 7) is 1.74. The molecule has 2 aromatic heterocycles. The zero-order valence-corrected chi connectivity index (χ0v) is 8.77. The van der Waals surface area contributed by atoms with Gasteiger partial charge in [0.1, 0.15) is 12.7 Å². The lowest BCUT2D eigenvalue weighted by molar-refractivity contribution is 0.786. The number of nitrogens with zero attached hydrogens (tertiary/aromatic N) is 4. The molecule has 0 aromatic carbocycles. The molecule has 0 saturated carbocycles. The summed E-state index contributed by atoms with van der Waals surface area (Å²) in [5.74, 6) is 1.42. The molecular weight excluding hydrogens is 208 g/mol. The van der Waals surface area contributed by atoms with E-state index in [2.05, 4.69) is 41.0 Å². The molecule has 0 fully saturated rings. The average molecular weight is 222 g/mol. The van der Waals surface area contributed by atoms with Crippen LogP contribution in [-0.2, 0) is 0 Å². The Morgan fingerprint density at radius 1 is 0.875 bits per heavy atom. The van der Waals surface area contributed by atoms with Crippen LogP contribution in [0.1, 0.15) is 12.8 Å². The van der Waals surface area contributed by atoms with Crippen LogP contribution in [0, 0.1) is 0 Å². The quantitative estimate of drug-likeness (QED) is 0.499. The number of hydrogen-bond acceptors (Lipinski definition) is 6. The summed E-state index contributed by atoms with van der Waals surface area (Å²) >= 11 is 0. The molecule has 0 aliphatic carbocycles. The Kier molecular flexibility index (Phi) is 3.70. The number of rotatable bonds is 7. The first-order valence-electron chi connectivity index (χ1n) is 5.15. The van der Waals surface area contributed by atoms with Gasteiger partial charge < -0.3 is 20.6 Å². The van der Waals surface area contributed by atoms with Crippen molar-refractivity contribution in [2.75, 3.05) is 23.7 Å². The zero-order chi connectivity index (χ0) is 11.1. The van der Waals surface area contributed by atoms with Crippen molar-refractivity contribution in [3.63, 3.8) is 0 Å². The topological polar surface area (TPSA) is 107 Å². The summed E-state index contributed by atoms with van der Waals surface area (Å²) < 4.78 is 0. The zero-order valence-electron chi connectivity index (χ0n) is 8.77. The molecule has 0 amide bonds. The third kappa shape index (κ3) is 3.23. The Hall–Kier alpha value is -2.12. The van der Waals surface area contributed by atoms with Crippen LogP contribution in [0.4, 0.5) is 11.9 Å². The molecule has 0 aliphatic rings. The van der Waals surface area contributed by atoms with E-state index in [4.69, 9.17) is 0 Å². The summed E-state index contributed by atoms with van der Waals surface area (Å²) in [7, 11) is 0. The highest BCUT2D eigenvalue weighted by molar-refractivity contribution is 5.20. The van der Waals surface area contributed by atoms with Gasteiger partial charge in [0, 0.05) is 13.1 Å². The highest BCUT2D eigenvalue weighted by atomic mass is 15.3. The Bertz CT molecular complexity index is 328. The van der Waals surface area contributed by atoms with Gasteiger partial charge in [-0.15, -0.1) is 20.4 Å². The van der Waals surface area contributed by atoms with E-state index in [1.807, 2.05) is 0 Å². The molecular formula is C8H14N8. The van der Waals surface area contributed by atoms with Crippen molar-refractivity contribution in [1.29, 1.82) is 0 Å². The van der Waals surface area contributed by atoms with Gasteiger partial charge in [0.25, 0.3) is 0 Å². The largest absolute Gasteiger partial charge is 0.354 e. The van der Waals surface area contributed by atoms with Gasteiger partial charge in [-0.05, 0) is 12.8 Å². The van der Waals surface area contributed by atoms with E-state index < -0.39 is 0 Å². The van der Waals surface area contributed by atoms with Crippen LogP contribution in [-0.4, -0.2) is 43.5 Å². The molecule has 0 atom stereocenters. The lowest BCUT2D eigenvalue weighted by atomic mass is 10.3. The van der Waals surface area contributed by atoms with Crippen molar-refractivity contribution in [2.24, 2.45) is 0 Å². The molecule has 8 nitrogen and oxygen atoms in total. The number of H-pyrrole nitrogens is 2. The maximum absolute atomic E-state index is 3.82. The van der Waals surface area contributed by atoms with Gasteiger partial charge in [-0.2, -0.15) is 0 Å². The van der Waals surface area contributed by atoms with Crippen molar-refractivity contribution in [3.05, 3.63) is 12.7 Å². The minimum atomic E-state index is 0.711. The van der Waals surface area contributed by atoms with Gasteiger partial charge in [0.15, 0.2) is 0 Å². The van der Waals surface area contributed by atoms with Crippen LogP contribution in [0.2, 0.25) is 0 Å². The number of unbranched alkanes of at least 4 members (excludes halogenated alkanes) is 1. The standard InChI is InChI=1S/C8H14N8/c1(3-9-7-11-5-13-15-7)2-4-10-8-12-6-14-16-8/h5-6H,1-4H2,(H2,9,11,13,15)(H2,10,12,14,16). The fraction of sp³-hybridized carbons (Fsp3) is 0.500. The van der Waals surface area contributed by atoms with Crippen LogP contribution in [0.5, 0.6) is 0 Å². The smallest absolute Gasteiger partial charge is 0.221 e. The van der Waals surface area contributed by atoms with E-state index in [0.29, 0.717) is 11.9 Å². The highest BCUT2D eigenvalue weighted by Crippen LogP contribution is 1.97. The number of aromatic amines is 2. The predicted molar refractivity (Wildman–Crippen MR) is 59.0 cm³/mol. The van der Waals surface area contributed by atoms with Crippen LogP contribution >= 0.6 is 0 Å². The van der Waals surface area contributed by atoms with E-state index in [1.165, 1.54) is 0 Å². The molecule has 2 aromatic rings. The van der Waals surface area contributed by atoms with Gasteiger partial charge >= 0.3 is 0 Å². The average Bonchev–Trinajstić information content (AvgIpc) is 2.96. The second-order valence-corrected chi connectivity index (χ2v) is 3.24. The van der Waals surface area contributed by atoms with E-state index in [1.54, 1.807) is 12.7 Å². The summed E-state index contributed by atoms with van der Waals surface area (Å²) in [5.41, 5.74) is 0. The van der Waals surface area contributed by atoms with Crippen molar-refractivity contribution >= 4 is 11.9 Å². The van der Waals surface area contributed by atoms with Crippen LogP contribution in [0.3, 0.4) is 0 Å². The normalized spacial score (nSPS) is 10.2. The van der Waals surface area contributed by atoms with Gasteiger partial charge in [-0.3, -0.25) is 0 Å². The first-order valence-corrected chi connectivity index (χ1v) is 5.15. The molecule has 0 aliphatic heterocycles. The SMILES string of the molecule is c1nnc(NCCCCNc2nnc[nH]2)[nH]1. The van der Waals surface area contributed by atoms with Crippen LogP contribution in [0.25, 0.3) is 0 Å². The molecule has 0 unspecified atom stereocenters. The number of hydrogen-bond donors (Lipinski definition) is 4. The molecule has 86 valence electrons. The molecule has 2 heterocycles. The van der Waals surface area contributed by atoms with Gasteiger partial charge in [0.05, 0.1) is 0 Å². The third-order valence-electron chi connectivity index (χ3n) is 2.02. The summed E-state index contributed by atoms with van der Waals surface area (Å²) in [5, 5.41) is 21.2. The Balaban J connectivity index is 1.49. The fourth-order valence-electron chi connectivity index (χ4n) is 1.25. The number of nitrogens with one attached hydrogen (secondary N) is 4. The molecule has 4 N–H and O–H groups in total. The molecule has 0 radical (unpaired) electrons. The first-order chi connectivity index (χ1) is 7.95. The predicted octanol–water partition coefficient (Wildman–Crippen LogP) is 0.227. The molecule has 2 rings (SSSR count). The molecule has 16 heavy (non-hydrogen) atoms. The first kappa shape index (κ1) is 10.4. The summed E-state index contributed by atoms with van der Waals surface area (Å²) in [6, 6.07) is 0. The lowest BCUT2D eigenvalue weighted by Crippen LogP contribution is -2.07. The number of anilines is 2. The van der Waals surface area contributed by atoms with E-state index in [9.17, 15) is 0 Å². The van der Waals surface area contributed by atoms with Crippen molar-refractivity contribution in [2.45, 2.75) is 12.8 Å². The van der Waals surface area contributed by atoms with E-state index >= 15 is 0 Å². The van der Waals surface area contributed by atoms with E-state index in [0.717, 1.165) is 25.9 Å². The van der Waals surface area contributed by atoms with Crippen molar-refractivity contribution in [3.8, 4) is 0 Å². The Morgan fingerprint density at radius 2 is 1.38 bits per heavy atom. The lowest BCUT2D eigenvalue weighted by Gasteiger charge is -2.03. The Labute approximate surface area is 92.3 Å². The van der Waals surface area contributed by atoms with Crippen LogP contribution in [0.15, 0.2) is 12.7 Å². The fourth-order valence-corrected chi connectivity index (χ4v) is 1.25. The molecule has 0 saturated heterocycles. The van der Waals surface area contributed by atoms with Crippen molar-refractivity contribution in [1.82, 2.24) is 30.4 Å². The second kappa shape index (κ2) is 5.69. The minimum absolute atomic E-state index is 0.711. The monoisotopic (exact) mass is 222 g/mol. The minimum Gasteiger partial charge on any atom is -0.354 e. The maximum Gasteiger partial charge on any atom is 0.221 e. The van der Waals surface area contributed by atoms with Gasteiger partial charge in [-0.25, -0.2) is 0 Å². The molecule has 8 heteroatoms. The second-order valence-electron chi connectivity index (χ2n) is 3.24. The molecule has 0 spiro atoms. The van der Waals surface area contributed by atoms with Gasteiger partial charge in [0.2, 0.25) is 11.9 Å². The summed E-state index contributed by atoms with van der Waals surface area (Å²) in [4.78, 5) is 5.76.